The lowest BCUT2D eigenvalue weighted by molar-refractivity contribution is -0.122. The number of nitrogens with two attached hydrogens (primary N) is 1. The van der Waals surface area contributed by atoms with Gasteiger partial charge in [0.1, 0.15) is 0 Å². The highest BCUT2D eigenvalue weighted by Crippen LogP contribution is 2.24. The molecule has 7 nitrogen and oxygen atoms in total. The first kappa shape index (κ1) is 21.5. The summed E-state index contributed by atoms with van der Waals surface area (Å²) in [7, 11) is 0. The molecule has 0 bridgehead atoms. The third kappa shape index (κ3) is 5.14. The number of anilines is 1. The van der Waals surface area contributed by atoms with Crippen LogP contribution in [0.15, 0.2) is 41.8 Å². The summed E-state index contributed by atoms with van der Waals surface area (Å²) in [5.41, 5.74) is 7.29. The van der Waals surface area contributed by atoms with Gasteiger partial charge in [-0.05, 0) is 61.4 Å². The lowest BCUT2D eigenvalue weighted by Gasteiger charge is -2.31. The first-order valence-electron chi connectivity index (χ1n) is 10.8. The average molecular weight is 441 g/mol. The average Bonchev–Trinajstić information content (AvgIpc) is 3.46. The summed E-state index contributed by atoms with van der Waals surface area (Å²) in [4.78, 5) is 41.8. The van der Waals surface area contributed by atoms with E-state index in [0.717, 1.165) is 43.5 Å². The number of carbonyl (C=O) groups excluding carboxylic acids is 3. The second-order valence-electron chi connectivity index (χ2n) is 8.29. The molecule has 2 atom stereocenters. The Morgan fingerprint density at radius 1 is 1.10 bits per heavy atom. The van der Waals surface area contributed by atoms with Gasteiger partial charge in [-0.3, -0.25) is 19.3 Å². The normalized spacial score (nSPS) is 21.7. The minimum Gasteiger partial charge on any atom is -0.368 e. The van der Waals surface area contributed by atoms with Crippen LogP contribution >= 0.6 is 11.3 Å². The molecule has 1 aromatic carbocycles. The Kier molecular flexibility index (Phi) is 6.67. The summed E-state index contributed by atoms with van der Waals surface area (Å²) in [6, 6.07) is 11.2. The minimum absolute atomic E-state index is 0.00381. The van der Waals surface area contributed by atoms with Gasteiger partial charge in [0, 0.05) is 25.3 Å². The fourth-order valence-electron chi connectivity index (χ4n) is 4.50. The highest BCUT2D eigenvalue weighted by atomic mass is 32.1. The van der Waals surface area contributed by atoms with Gasteiger partial charge in [0.05, 0.1) is 16.8 Å². The fraction of sp³-hybridized carbons (Fsp3) is 0.435. The van der Waals surface area contributed by atoms with Crippen LogP contribution in [0.3, 0.4) is 0 Å². The van der Waals surface area contributed by atoms with Crippen molar-refractivity contribution in [1.82, 2.24) is 9.80 Å². The second kappa shape index (κ2) is 9.62. The predicted molar refractivity (Wildman–Crippen MR) is 121 cm³/mol. The molecule has 3 amide bonds. The van der Waals surface area contributed by atoms with Crippen LogP contribution in [-0.2, 0) is 16.1 Å². The Morgan fingerprint density at radius 3 is 2.71 bits per heavy atom. The van der Waals surface area contributed by atoms with Crippen LogP contribution in [0.4, 0.5) is 5.69 Å². The minimum atomic E-state index is -0.277. The van der Waals surface area contributed by atoms with E-state index in [2.05, 4.69) is 10.2 Å². The number of hydrogen-bond acceptors (Lipinski definition) is 5. The van der Waals surface area contributed by atoms with E-state index in [1.807, 2.05) is 41.8 Å². The number of carbonyl (C=O) groups is 3. The monoisotopic (exact) mass is 440 g/mol. The number of primary amides is 1. The predicted octanol–water partition coefficient (Wildman–Crippen LogP) is 2.69. The number of thiophene rings is 1. The first-order chi connectivity index (χ1) is 15.0. The van der Waals surface area contributed by atoms with Gasteiger partial charge in [-0.15, -0.1) is 11.3 Å². The number of piperidine rings is 1. The van der Waals surface area contributed by atoms with E-state index in [4.69, 9.17) is 5.73 Å². The van der Waals surface area contributed by atoms with E-state index in [1.54, 1.807) is 4.90 Å². The lowest BCUT2D eigenvalue weighted by Crippen LogP contribution is -2.43. The highest BCUT2D eigenvalue weighted by Gasteiger charge is 2.30. The largest absolute Gasteiger partial charge is 0.368 e. The quantitative estimate of drug-likeness (QED) is 0.722. The van der Waals surface area contributed by atoms with Crippen molar-refractivity contribution in [3.63, 3.8) is 0 Å². The van der Waals surface area contributed by atoms with Gasteiger partial charge in [0.15, 0.2) is 0 Å². The van der Waals surface area contributed by atoms with Crippen molar-refractivity contribution in [3.8, 4) is 0 Å². The van der Waals surface area contributed by atoms with E-state index in [9.17, 15) is 14.4 Å². The third-order valence-corrected chi connectivity index (χ3v) is 6.94. The molecule has 2 saturated heterocycles. The van der Waals surface area contributed by atoms with Crippen molar-refractivity contribution in [2.45, 2.75) is 38.3 Å². The Morgan fingerprint density at radius 2 is 1.94 bits per heavy atom. The molecule has 0 saturated carbocycles. The fourth-order valence-corrected chi connectivity index (χ4v) is 5.19. The Balaban J connectivity index is 1.36. The van der Waals surface area contributed by atoms with Crippen molar-refractivity contribution in [1.29, 1.82) is 0 Å². The Hall–Kier alpha value is -2.71. The van der Waals surface area contributed by atoms with E-state index in [0.29, 0.717) is 24.5 Å². The van der Waals surface area contributed by atoms with Crippen LogP contribution in [0, 0.1) is 5.92 Å². The lowest BCUT2D eigenvalue weighted by atomic mass is 9.96. The summed E-state index contributed by atoms with van der Waals surface area (Å²) in [6.07, 6.45) is 3.35. The summed E-state index contributed by atoms with van der Waals surface area (Å²) < 4.78 is 0. The number of rotatable bonds is 6. The molecule has 2 aliphatic rings. The second-order valence-corrected chi connectivity index (χ2v) is 9.24. The zero-order valence-electron chi connectivity index (χ0n) is 17.5. The number of nitrogens with zero attached hydrogens (tertiary/aromatic N) is 2. The summed E-state index contributed by atoms with van der Waals surface area (Å²) >= 11 is 1.43. The van der Waals surface area contributed by atoms with E-state index in [-0.39, 0.29) is 29.7 Å². The smallest absolute Gasteiger partial charge is 0.263 e. The molecule has 164 valence electrons. The van der Waals surface area contributed by atoms with Crippen LogP contribution in [0.5, 0.6) is 0 Å². The van der Waals surface area contributed by atoms with E-state index < -0.39 is 0 Å². The van der Waals surface area contributed by atoms with Crippen LogP contribution in [0.25, 0.3) is 0 Å². The third-order valence-electron chi connectivity index (χ3n) is 6.08. The summed E-state index contributed by atoms with van der Waals surface area (Å²) in [5.74, 6) is -0.554. The maximum atomic E-state index is 12.9. The number of amides is 3. The standard InChI is InChI=1S/C23H28N4O3S/c24-21(28)19-8-3-10-26(19)14-16-5-1-7-18(13-16)25-22(29)17-6-2-11-27(15-17)23(30)20-9-4-12-31-20/h1,4-5,7,9,12-13,17,19H,2-3,6,8,10-11,14-15H2,(H2,24,28)(H,25,29). The molecular weight excluding hydrogens is 412 g/mol. The number of benzene rings is 1. The maximum absolute atomic E-state index is 12.9. The van der Waals surface area contributed by atoms with Gasteiger partial charge in [0.2, 0.25) is 11.8 Å². The Labute approximate surface area is 186 Å². The molecule has 4 rings (SSSR count). The van der Waals surface area contributed by atoms with Crippen LogP contribution in [0.2, 0.25) is 0 Å². The van der Waals surface area contributed by atoms with Crippen LogP contribution in [0.1, 0.15) is 40.9 Å². The van der Waals surface area contributed by atoms with Gasteiger partial charge in [-0.2, -0.15) is 0 Å². The van der Waals surface area contributed by atoms with Crippen molar-refractivity contribution in [3.05, 3.63) is 52.2 Å². The van der Waals surface area contributed by atoms with Gasteiger partial charge < -0.3 is 16.0 Å². The molecule has 3 N–H and O–H groups in total. The maximum Gasteiger partial charge on any atom is 0.263 e. The summed E-state index contributed by atoms with van der Waals surface area (Å²) in [5, 5.41) is 4.91. The molecule has 2 unspecified atom stereocenters. The van der Waals surface area contributed by atoms with Crippen LogP contribution in [-0.4, -0.2) is 53.2 Å². The molecule has 8 heteroatoms. The zero-order valence-corrected chi connectivity index (χ0v) is 18.3. The SMILES string of the molecule is NC(=O)C1CCCN1Cc1cccc(NC(=O)C2CCCN(C(=O)c3cccs3)C2)c1. The Bertz CT molecular complexity index is 946. The molecule has 2 aromatic rings. The van der Waals surface area contributed by atoms with Gasteiger partial charge in [-0.25, -0.2) is 0 Å². The molecule has 2 fully saturated rings. The molecule has 3 heterocycles. The number of hydrogen-bond donors (Lipinski definition) is 2. The highest BCUT2D eigenvalue weighted by molar-refractivity contribution is 7.12. The van der Waals surface area contributed by atoms with Gasteiger partial charge in [-0.1, -0.05) is 18.2 Å². The molecule has 1 aromatic heterocycles. The molecular formula is C23H28N4O3S. The van der Waals surface area contributed by atoms with Crippen LogP contribution < -0.4 is 11.1 Å². The summed E-state index contributed by atoms with van der Waals surface area (Å²) in [6.45, 7) is 2.60. The zero-order chi connectivity index (χ0) is 21.8. The van der Waals surface area contributed by atoms with Gasteiger partial charge in [0.25, 0.3) is 5.91 Å². The molecule has 2 aliphatic heterocycles. The molecule has 0 aliphatic carbocycles. The van der Waals surface area contributed by atoms with Crippen molar-refractivity contribution >= 4 is 34.7 Å². The molecule has 0 spiro atoms. The van der Waals surface area contributed by atoms with Gasteiger partial charge >= 0.3 is 0 Å². The van der Waals surface area contributed by atoms with Crippen molar-refractivity contribution in [2.24, 2.45) is 11.7 Å². The molecule has 0 radical (unpaired) electrons. The van der Waals surface area contributed by atoms with Crippen molar-refractivity contribution < 1.29 is 14.4 Å². The molecule has 31 heavy (non-hydrogen) atoms. The number of likely N-dealkylation sites (tertiary alicyclic amines) is 2. The first-order valence-corrected chi connectivity index (χ1v) is 11.6. The van der Waals surface area contributed by atoms with E-state index >= 15 is 0 Å². The van der Waals surface area contributed by atoms with E-state index in [1.165, 1.54) is 11.3 Å². The number of nitrogens with one attached hydrogen (secondary N) is 1. The topological polar surface area (TPSA) is 95.7 Å². The van der Waals surface area contributed by atoms with Crippen molar-refractivity contribution in [2.75, 3.05) is 25.0 Å².